The summed E-state index contributed by atoms with van der Waals surface area (Å²) in [5, 5.41) is 7.56. The molecule has 2 N–H and O–H groups in total. The third kappa shape index (κ3) is 3.72. The van der Waals surface area contributed by atoms with Crippen molar-refractivity contribution in [1.82, 2.24) is 10.6 Å². The SMILES string of the molecule is CC(CC1CCCCCN1)NCC1CC2CCC1C2. The van der Waals surface area contributed by atoms with Crippen molar-refractivity contribution in [2.45, 2.75) is 76.8 Å². The van der Waals surface area contributed by atoms with Crippen LogP contribution < -0.4 is 10.6 Å². The van der Waals surface area contributed by atoms with Crippen LogP contribution in [0.1, 0.15) is 64.7 Å². The van der Waals surface area contributed by atoms with Gasteiger partial charge in [-0.05, 0) is 76.3 Å². The second-order valence-electron chi connectivity index (χ2n) is 7.48. The Morgan fingerprint density at radius 2 is 2.05 bits per heavy atom. The van der Waals surface area contributed by atoms with E-state index in [-0.39, 0.29) is 0 Å². The summed E-state index contributed by atoms with van der Waals surface area (Å²) in [7, 11) is 0. The summed E-state index contributed by atoms with van der Waals surface area (Å²) in [6.45, 7) is 4.92. The minimum absolute atomic E-state index is 0.690. The molecule has 1 heterocycles. The van der Waals surface area contributed by atoms with Crippen LogP contribution in [0.15, 0.2) is 0 Å². The normalized spacial score (nSPS) is 40.3. The molecule has 1 saturated heterocycles. The van der Waals surface area contributed by atoms with Gasteiger partial charge in [0.05, 0.1) is 0 Å². The van der Waals surface area contributed by atoms with E-state index in [0.717, 1.165) is 23.8 Å². The minimum atomic E-state index is 0.690. The largest absolute Gasteiger partial charge is 0.314 e. The van der Waals surface area contributed by atoms with Gasteiger partial charge in [-0.3, -0.25) is 0 Å². The molecule has 3 fully saturated rings. The van der Waals surface area contributed by atoms with Gasteiger partial charge in [-0.2, -0.15) is 0 Å². The molecule has 2 nitrogen and oxygen atoms in total. The third-order valence-electron chi connectivity index (χ3n) is 5.91. The molecule has 5 atom stereocenters. The van der Waals surface area contributed by atoms with Gasteiger partial charge in [0, 0.05) is 12.1 Å². The molecule has 2 aliphatic carbocycles. The van der Waals surface area contributed by atoms with Gasteiger partial charge < -0.3 is 10.6 Å². The van der Waals surface area contributed by atoms with Gasteiger partial charge in [-0.25, -0.2) is 0 Å². The highest BCUT2D eigenvalue weighted by molar-refractivity contribution is 4.91. The van der Waals surface area contributed by atoms with E-state index < -0.39 is 0 Å². The van der Waals surface area contributed by atoms with E-state index in [9.17, 15) is 0 Å². The quantitative estimate of drug-likeness (QED) is 0.796. The van der Waals surface area contributed by atoms with E-state index in [2.05, 4.69) is 17.6 Å². The smallest absolute Gasteiger partial charge is 0.00817 e. The Balaban J connectivity index is 1.35. The van der Waals surface area contributed by atoms with Crippen LogP contribution in [-0.2, 0) is 0 Å². The second-order valence-corrected chi connectivity index (χ2v) is 7.48. The van der Waals surface area contributed by atoms with Crippen LogP contribution in [0, 0.1) is 17.8 Å². The van der Waals surface area contributed by atoms with Gasteiger partial charge in [-0.15, -0.1) is 0 Å². The Hall–Kier alpha value is -0.0800. The third-order valence-corrected chi connectivity index (χ3v) is 5.91. The van der Waals surface area contributed by atoms with Crippen LogP contribution >= 0.6 is 0 Å². The van der Waals surface area contributed by atoms with Crippen LogP contribution in [0.4, 0.5) is 0 Å². The van der Waals surface area contributed by atoms with Gasteiger partial charge in [0.25, 0.3) is 0 Å². The highest BCUT2D eigenvalue weighted by atomic mass is 15.0. The highest BCUT2D eigenvalue weighted by Gasteiger charge is 2.39. The Kier molecular flexibility index (Phi) is 4.81. The van der Waals surface area contributed by atoms with Gasteiger partial charge in [0.1, 0.15) is 0 Å². The van der Waals surface area contributed by atoms with Crippen molar-refractivity contribution in [3.05, 3.63) is 0 Å². The molecular formula is C17H32N2. The van der Waals surface area contributed by atoms with Crippen LogP contribution in [0.5, 0.6) is 0 Å². The van der Waals surface area contributed by atoms with Crippen molar-refractivity contribution in [2.24, 2.45) is 17.8 Å². The van der Waals surface area contributed by atoms with Crippen LogP contribution in [0.25, 0.3) is 0 Å². The first-order chi connectivity index (χ1) is 9.31. The van der Waals surface area contributed by atoms with Crippen molar-refractivity contribution in [3.63, 3.8) is 0 Å². The molecule has 110 valence electrons. The molecule has 0 amide bonds. The number of rotatable bonds is 5. The number of hydrogen-bond donors (Lipinski definition) is 2. The zero-order chi connectivity index (χ0) is 13.1. The van der Waals surface area contributed by atoms with Crippen LogP contribution in [-0.4, -0.2) is 25.2 Å². The summed E-state index contributed by atoms with van der Waals surface area (Å²) in [4.78, 5) is 0. The zero-order valence-electron chi connectivity index (χ0n) is 12.7. The summed E-state index contributed by atoms with van der Waals surface area (Å²) in [6.07, 6.45) is 13.1. The monoisotopic (exact) mass is 264 g/mol. The van der Waals surface area contributed by atoms with Crippen molar-refractivity contribution in [2.75, 3.05) is 13.1 Å². The summed E-state index contributed by atoms with van der Waals surface area (Å²) >= 11 is 0. The standard InChI is InChI=1S/C17H32N2/c1-13(9-17-5-3-2-4-8-18-17)19-12-16-11-14-6-7-15(16)10-14/h13-19H,2-12H2,1H3. The van der Waals surface area contributed by atoms with Gasteiger partial charge >= 0.3 is 0 Å². The number of nitrogens with one attached hydrogen (secondary N) is 2. The van der Waals surface area contributed by atoms with Crippen molar-refractivity contribution >= 4 is 0 Å². The zero-order valence-corrected chi connectivity index (χ0v) is 12.7. The maximum atomic E-state index is 3.84. The summed E-state index contributed by atoms with van der Waals surface area (Å²) in [5.41, 5.74) is 0. The highest BCUT2D eigenvalue weighted by Crippen LogP contribution is 2.47. The Morgan fingerprint density at radius 3 is 2.84 bits per heavy atom. The molecule has 3 rings (SSSR count). The average molecular weight is 264 g/mol. The fraction of sp³-hybridized carbons (Fsp3) is 1.00. The number of fused-ring (bicyclic) bond motifs is 2. The van der Waals surface area contributed by atoms with Crippen molar-refractivity contribution in [1.29, 1.82) is 0 Å². The fourth-order valence-electron chi connectivity index (χ4n) is 4.79. The first kappa shape index (κ1) is 13.9. The van der Waals surface area contributed by atoms with Gasteiger partial charge in [-0.1, -0.05) is 19.3 Å². The van der Waals surface area contributed by atoms with E-state index >= 15 is 0 Å². The first-order valence-corrected chi connectivity index (χ1v) is 8.78. The van der Waals surface area contributed by atoms with E-state index in [4.69, 9.17) is 0 Å². The molecule has 1 aliphatic heterocycles. The number of hydrogen-bond acceptors (Lipinski definition) is 2. The van der Waals surface area contributed by atoms with Crippen LogP contribution in [0.2, 0.25) is 0 Å². The molecule has 2 bridgehead atoms. The lowest BCUT2D eigenvalue weighted by molar-refractivity contribution is 0.298. The second kappa shape index (κ2) is 6.58. The maximum absolute atomic E-state index is 3.84. The van der Waals surface area contributed by atoms with Gasteiger partial charge in [0.15, 0.2) is 0 Å². The molecule has 0 spiro atoms. The summed E-state index contributed by atoms with van der Waals surface area (Å²) < 4.78 is 0. The maximum Gasteiger partial charge on any atom is 0.00817 e. The molecule has 2 saturated carbocycles. The Labute approximate surface area is 119 Å². The molecule has 0 radical (unpaired) electrons. The molecule has 0 aromatic carbocycles. The lowest BCUT2D eigenvalue weighted by atomic mass is 9.88. The average Bonchev–Trinajstić information content (AvgIpc) is 2.94. The minimum Gasteiger partial charge on any atom is -0.314 e. The molecule has 5 unspecified atom stereocenters. The van der Waals surface area contributed by atoms with Gasteiger partial charge in [0.2, 0.25) is 0 Å². The summed E-state index contributed by atoms with van der Waals surface area (Å²) in [5.74, 6) is 3.17. The fourth-order valence-corrected chi connectivity index (χ4v) is 4.79. The Morgan fingerprint density at radius 1 is 1.11 bits per heavy atom. The lowest BCUT2D eigenvalue weighted by Crippen LogP contribution is -2.39. The molecule has 19 heavy (non-hydrogen) atoms. The predicted molar refractivity (Wildman–Crippen MR) is 81.3 cm³/mol. The summed E-state index contributed by atoms with van der Waals surface area (Å²) in [6, 6.07) is 1.46. The van der Waals surface area contributed by atoms with Crippen molar-refractivity contribution < 1.29 is 0 Å². The van der Waals surface area contributed by atoms with E-state index in [1.807, 2.05) is 0 Å². The van der Waals surface area contributed by atoms with Crippen LogP contribution in [0.3, 0.4) is 0 Å². The molecule has 2 heteroatoms. The van der Waals surface area contributed by atoms with E-state index in [1.165, 1.54) is 64.5 Å². The lowest BCUT2D eigenvalue weighted by Gasteiger charge is -2.26. The molecule has 3 aliphatic rings. The molecule has 0 aromatic heterocycles. The van der Waals surface area contributed by atoms with Crippen molar-refractivity contribution in [3.8, 4) is 0 Å². The van der Waals surface area contributed by atoms with E-state index in [0.29, 0.717) is 6.04 Å². The Bertz CT molecular complexity index is 270. The topological polar surface area (TPSA) is 24.1 Å². The first-order valence-electron chi connectivity index (χ1n) is 8.78. The predicted octanol–water partition coefficient (Wildman–Crippen LogP) is 3.32. The molecular weight excluding hydrogens is 232 g/mol. The van der Waals surface area contributed by atoms with E-state index in [1.54, 1.807) is 6.42 Å². The molecule has 0 aromatic rings.